The van der Waals surface area contributed by atoms with Gasteiger partial charge < -0.3 is 15.0 Å². The molecule has 3 aliphatic rings. The number of hydrogen-bond donors (Lipinski definition) is 1. The highest BCUT2D eigenvalue weighted by Gasteiger charge is 2.40. The van der Waals surface area contributed by atoms with Crippen LogP contribution in [0, 0.1) is 5.92 Å². The Hall–Kier alpha value is 0.230. The van der Waals surface area contributed by atoms with Crippen LogP contribution in [0.15, 0.2) is 0 Å². The highest BCUT2D eigenvalue weighted by Crippen LogP contribution is 2.39. The minimum atomic E-state index is 0.232. The maximum Gasteiger partial charge on any atom is 0.0713 e. The van der Waals surface area contributed by atoms with Crippen molar-refractivity contribution >= 4 is 11.8 Å². The summed E-state index contributed by atoms with van der Waals surface area (Å²) in [6.07, 6.45) is 7.81. The molecule has 3 fully saturated rings. The zero-order valence-electron chi connectivity index (χ0n) is 13.6. The van der Waals surface area contributed by atoms with Crippen molar-refractivity contribution in [3.8, 4) is 0 Å². The first-order valence-electron chi connectivity index (χ1n) is 8.98. The lowest BCUT2D eigenvalue weighted by molar-refractivity contribution is -0.111. The number of nitrogens with one attached hydrogen (secondary N) is 1. The molecule has 1 spiro atoms. The van der Waals surface area contributed by atoms with Crippen LogP contribution in [-0.4, -0.2) is 60.8 Å². The molecule has 1 unspecified atom stereocenters. The van der Waals surface area contributed by atoms with Crippen LogP contribution >= 0.6 is 11.8 Å². The summed E-state index contributed by atoms with van der Waals surface area (Å²) in [5.41, 5.74) is 0.232. The van der Waals surface area contributed by atoms with Crippen molar-refractivity contribution in [3.63, 3.8) is 0 Å². The lowest BCUT2D eigenvalue weighted by Gasteiger charge is -2.47. The number of rotatable bonds is 4. The first-order valence-corrected chi connectivity index (χ1v) is 10.1. The summed E-state index contributed by atoms with van der Waals surface area (Å²) >= 11 is 2.11. The minimum absolute atomic E-state index is 0.232. The van der Waals surface area contributed by atoms with Crippen molar-refractivity contribution in [1.29, 1.82) is 0 Å². The van der Waals surface area contributed by atoms with E-state index in [1.165, 1.54) is 76.2 Å². The van der Waals surface area contributed by atoms with Crippen molar-refractivity contribution in [2.75, 3.05) is 44.3 Å². The van der Waals surface area contributed by atoms with Crippen molar-refractivity contribution in [2.24, 2.45) is 5.92 Å². The molecule has 1 atom stereocenters. The Morgan fingerprint density at radius 2 is 1.95 bits per heavy atom. The predicted octanol–water partition coefficient (Wildman–Crippen LogP) is 2.75. The number of hydrogen-bond acceptors (Lipinski definition) is 4. The molecule has 4 heteroatoms. The maximum absolute atomic E-state index is 6.27. The lowest BCUT2D eigenvalue weighted by Crippen LogP contribution is -2.51. The molecule has 3 rings (SSSR count). The van der Waals surface area contributed by atoms with Crippen molar-refractivity contribution in [3.05, 3.63) is 0 Å². The fourth-order valence-electron chi connectivity index (χ4n) is 4.34. The van der Waals surface area contributed by atoms with E-state index in [4.69, 9.17) is 4.74 Å². The minimum Gasteiger partial charge on any atom is -0.375 e. The van der Waals surface area contributed by atoms with E-state index in [0.717, 1.165) is 18.6 Å². The van der Waals surface area contributed by atoms with E-state index in [9.17, 15) is 0 Å². The highest BCUT2D eigenvalue weighted by molar-refractivity contribution is 7.99. The molecule has 0 aliphatic carbocycles. The van der Waals surface area contributed by atoms with Gasteiger partial charge in [0.25, 0.3) is 0 Å². The van der Waals surface area contributed by atoms with Crippen LogP contribution in [0.5, 0.6) is 0 Å². The van der Waals surface area contributed by atoms with Gasteiger partial charge in [-0.15, -0.1) is 0 Å². The van der Waals surface area contributed by atoms with Gasteiger partial charge in [0.15, 0.2) is 0 Å². The summed E-state index contributed by atoms with van der Waals surface area (Å²) in [6, 6.07) is 0.765. The first kappa shape index (κ1) is 16.1. The second-order valence-electron chi connectivity index (χ2n) is 7.07. The Balaban J connectivity index is 1.57. The molecule has 21 heavy (non-hydrogen) atoms. The van der Waals surface area contributed by atoms with E-state index in [2.05, 4.69) is 28.9 Å². The van der Waals surface area contributed by atoms with Crippen LogP contribution in [0.25, 0.3) is 0 Å². The summed E-state index contributed by atoms with van der Waals surface area (Å²) in [7, 11) is 0. The Labute approximate surface area is 134 Å². The molecule has 122 valence electrons. The molecular formula is C17H32N2OS. The number of ether oxygens (including phenoxy) is 1. The lowest BCUT2D eigenvalue weighted by atomic mass is 9.84. The van der Waals surface area contributed by atoms with Gasteiger partial charge in [-0.25, -0.2) is 0 Å². The summed E-state index contributed by atoms with van der Waals surface area (Å²) in [6.45, 7) is 8.29. The van der Waals surface area contributed by atoms with E-state index >= 15 is 0 Å². The summed E-state index contributed by atoms with van der Waals surface area (Å²) in [5, 5.41) is 3.49. The third-order valence-electron chi connectivity index (χ3n) is 5.74. The Morgan fingerprint density at radius 3 is 2.67 bits per heavy atom. The van der Waals surface area contributed by atoms with Gasteiger partial charge in [0, 0.05) is 19.2 Å². The summed E-state index contributed by atoms with van der Waals surface area (Å²) in [5.74, 6) is 3.51. The van der Waals surface area contributed by atoms with Gasteiger partial charge in [-0.2, -0.15) is 11.8 Å². The molecule has 3 aliphatic heterocycles. The quantitative estimate of drug-likeness (QED) is 0.863. The van der Waals surface area contributed by atoms with Crippen LogP contribution < -0.4 is 5.32 Å². The molecule has 0 aromatic heterocycles. The Kier molecular flexibility index (Phi) is 5.88. The number of nitrogens with zero attached hydrogens (tertiary/aromatic N) is 1. The molecule has 0 aromatic rings. The monoisotopic (exact) mass is 312 g/mol. The topological polar surface area (TPSA) is 24.5 Å². The van der Waals surface area contributed by atoms with Gasteiger partial charge in [-0.3, -0.25) is 0 Å². The fraction of sp³-hybridized carbons (Fsp3) is 1.00. The van der Waals surface area contributed by atoms with Gasteiger partial charge in [-0.05, 0) is 75.6 Å². The molecule has 3 saturated heterocycles. The van der Waals surface area contributed by atoms with Crippen LogP contribution in [0.2, 0.25) is 0 Å². The average Bonchev–Trinajstić information content (AvgIpc) is 2.54. The Morgan fingerprint density at radius 1 is 1.19 bits per heavy atom. The van der Waals surface area contributed by atoms with E-state index in [1.807, 2.05) is 0 Å². The molecule has 0 aromatic carbocycles. The van der Waals surface area contributed by atoms with Crippen LogP contribution in [-0.2, 0) is 4.74 Å². The van der Waals surface area contributed by atoms with Crippen LogP contribution in [0.3, 0.4) is 0 Å². The van der Waals surface area contributed by atoms with Crippen molar-refractivity contribution in [2.45, 2.75) is 57.1 Å². The van der Waals surface area contributed by atoms with Gasteiger partial charge in [0.2, 0.25) is 0 Å². The Bertz CT molecular complexity index is 308. The number of piperidine rings is 1. The molecule has 3 heterocycles. The van der Waals surface area contributed by atoms with E-state index in [1.54, 1.807) is 0 Å². The fourth-order valence-corrected chi connectivity index (χ4v) is 5.57. The zero-order valence-corrected chi connectivity index (χ0v) is 14.4. The van der Waals surface area contributed by atoms with Gasteiger partial charge in [-0.1, -0.05) is 6.92 Å². The first-order chi connectivity index (χ1) is 10.3. The van der Waals surface area contributed by atoms with Crippen LogP contribution in [0.1, 0.15) is 45.4 Å². The third kappa shape index (κ3) is 4.15. The predicted molar refractivity (Wildman–Crippen MR) is 91.1 cm³/mol. The second kappa shape index (κ2) is 7.67. The second-order valence-corrected chi connectivity index (χ2v) is 8.30. The summed E-state index contributed by atoms with van der Waals surface area (Å²) in [4.78, 5) is 2.78. The normalized spacial score (nSPS) is 30.9. The third-order valence-corrected chi connectivity index (χ3v) is 6.73. The molecule has 0 saturated carbocycles. The van der Waals surface area contributed by atoms with Crippen molar-refractivity contribution in [1.82, 2.24) is 10.2 Å². The maximum atomic E-state index is 6.27. The smallest absolute Gasteiger partial charge is 0.0713 e. The van der Waals surface area contributed by atoms with E-state index in [-0.39, 0.29) is 5.60 Å². The van der Waals surface area contributed by atoms with Crippen molar-refractivity contribution < 1.29 is 4.74 Å². The standard InChI is InChI=1S/C17H32N2OS/c1-2-19(14-15-3-8-18-9-4-15)16-5-10-20-17(13-16)6-11-21-12-7-17/h15-16,18H,2-14H2,1H3. The largest absolute Gasteiger partial charge is 0.375 e. The highest BCUT2D eigenvalue weighted by atomic mass is 32.2. The molecule has 3 nitrogen and oxygen atoms in total. The van der Waals surface area contributed by atoms with E-state index in [0.29, 0.717) is 0 Å². The molecular weight excluding hydrogens is 280 g/mol. The molecule has 0 bridgehead atoms. The van der Waals surface area contributed by atoms with E-state index < -0.39 is 0 Å². The number of thioether (sulfide) groups is 1. The van der Waals surface area contributed by atoms with Gasteiger partial charge >= 0.3 is 0 Å². The zero-order chi connectivity index (χ0) is 14.5. The van der Waals surface area contributed by atoms with Crippen LogP contribution in [0.4, 0.5) is 0 Å². The molecule has 1 N–H and O–H groups in total. The van der Waals surface area contributed by atoms with Gasteiger partial charge in [0.05, 0.1) is 5.60 Å². The average molecular weight is 313 g/mol. The SMILES string of the molecule is CCN(CC1CCNCC1)C1CCOC2(CCSCC2)C1. The molecule has 0 amide bonds. The van der Waals surface area contributed by atoms with Gasteiger partial charge in [0.1, 0.15) is 0 Å². The molecule has 0 radical (unpaired) electrons. The summed E-state index contributed by atoms with van der Waals surface area (Å²) < 4.78 is 6.27.